The summed E-state index contributed by atoms with van der Waals surface area (Å²) >= 11 is 0. The van der Waals surface area contributed by atoms with E-state index < -0.39 is 5.41 Å². The molecule has 1 fully saturated rings. The summed E-state index contributed by atoms with van der Waals surface area (Å²) in [4.78, 5) is 38.3. The van der Waals surface area contributed by atoms with Crippen molar-refractivity contribution in [1.82, 2.24) is 19.8 Å². The third-order valence-corrected chi connectivity index (χ3v) is 6.35. The van der Waals surface area contributed by atoms with Gasteiger partial charge >= 0.3 is 0 Å². The Bertz CT molecular complexity index is 1100. The van der Waals surface area contributed by atoms with Gasteiger partial charge in [0.2, 0.25) is 11.8 Å². The number of amides is 2. The van der Waals surface area contributed by atoms with E-state index in [-0.39, 0.29) is 11.8 Å². The molecule has 170 valence electrons. The Morgan fingerprint density at radius 2 is 1.76 bits per heavy atom. The molecule has 4 rings (SSSR count). The van der Waals surface area contributed by atoms with Crippen molar-refractivity contribution in [2.24, 2.45) is 5.41 Å². The summed E-state index contributed by atoms with van der Waals surface area (Å²) in [6.07, 6.45) is 9.47. The summed E-state index contributed by atoms with van der Waals surface area (Å²) in [6.45, 7) is 1.11. The zero-order valence-corrected chi connectivity index (χ0v) is 19.3. The molecule has 6 nitrogen and oxygen atoms in total. The van der Waals surface area contributed by atoms with Crippen LogP contribution in [-0.2, 0) is 22.4 Å². The third kappa shape index (κ3) is 5.28. The van der Waals surface area contributed by atoms with Crippen LogP contribution < -0.4 is 0 Å². The Morgan fingerprint density at radius 3 is 2.48 bits per heavy atom. The average molecular weight is 443 g/mol. The second kappa shape index (κ2) is 9.94. The Balaban J connectivity index is 1.59. The Kier molecular flexibility index (Phi) is 6.82. The van der Waals surface area contributed by atoms with Crippen molar-refractivity contribution in [3.05, 3.63) is 84.4 Å². The highest BCUT2D eigenvalue weighted by molar-refractivity contribution is 5.85. The minimum atomic E-state index is -0.636. The number of carbonyl (C=O) groups is 2. The molecule has 0 radical (unpaired) electrons. The number of rotatable bonds is 6. The van der Waals surface area contributed by atoms with Gasteiger partial charge in [-0.3, -0.25) is 19.6 Å². The lowest BCUT2D eigenvalue weighted by atomic mass is 9.73. The topological polar surface area (TPSA) is 66.4 Å². The lowest BCUT2D eigenvalue weighted by molar-refractivity contribution is -0.147. The highest BCUT2D eigenvalue weighted by atomic mass is 16.2. The highest BCUT2D eigenvalue weighted by Crippen LogP contribution is 2.36. The van der Waals surface area contributed by atoms with E-state index in [1.54, 1.807) is 43.8 Å². The summed E-state index contributed by atoms with van der Waals surface area (Å²) < 4.78 is 0. The van der Waals surface area contributed by atoms with E-state index in [1.807, 2.05) is 35.2 Å². The van der Waals surface area contributed by atoms with Gasteiger partial charge in [0, 0.05) is 52.0 Å². The maximum Gasteiger partial charge on any atom is 0.230 e. The number of benzene rings is 1. The maximum atomic E-state index is 13.5. The fourth-order valence-electron chi connectivity index (χ4n) is 4.80. The van der Waals surface area contributed by atoms with E-state index in [4.69, 9.17) is 0 Å². The van der Waals surface area contributed by atoms with E-state index >= 15 is 0 Å². The lowest BCUT2D eigenvalue weighted by Gasteiger charge is -2.43. The largest absolute Gasteiger partial charge is 0.348 e. The van der Waals surface area contributed by atoms with Crippen LogP contribution in [0.3, 0.4) is 0 Å². The number of pyridine rings is 2. The normalized spacial score (nSPS) is 18.1. The molecule has 0 bridgehead atoms. The minimum absolute atomic E-state index is 0.0455. The number of carbonyl (C=O) groups excluding carboxylic acids is 2. The molecule has 1 aliphatic rings. The smallest absolute Gasteiger partial charge is 0.230 e. The van der Waals surface area contributed by atoms with Crippen LogP contribution in [0, 0.1) is 5.41 Å². The van der Waals surface area contributed by atoms with Gasteiger partial charge in [-0.25, -0.2) is 0 Å². The van der Waals surface area contributed by atoms with Gasteiger partial charge < -0.3 is 9.80 Å². The van der Waals surface area contributed by atoms with Crippen LogP contribution in [0.25, 0.3) is 11.1 Å². The highest BCUT2D eigenvalue weighted by Gasteiger charge is 2.44. The van der Waals surface area contributed by atoms with Crippen LogP contribution in [-0.4, -0.2) is 58.8 Å². The average Bonchev–Trinajstić information content (AvgIpc) is 2.85. The Hall–Kier alpha value is -3.54. The number of nitrogens with zero attached hydrogens (tertiary/aromatic N) is 4. The van der Waals surface area contributed by atoms with Crippen LogP contribution in [0.5, 0.6) is 0 Å². The molecule has 2 amide bonds. The van der Waals surface area contributed by atoms with Gasteiger partial charge in [-0.1, -0.05) is 30.3 Å². The first-order chi connectivity index (χ1) is 16.0. The van der Waals surface area contributed by atoms with E-state index in [1.165, 1.54) is 0 Å². The quantitative estimate of drug-likeness (QED) is 0.585. The molecule has 3 aromatic rings. The standard InChI is InChI=1S/C27H30N4O2/c1-30(2)26(33)27(18-21-6-3-8-24(16-21)23-9-13-28-14-10-23)11-5-15-31(20-27)25(32)17-22-7-4-12-29-19-22/h3-4,6-10,12-14,16,19H,5,11,15,17-18,20H2,1-2H3/t27-/m0/s1. The molecule has 1 atom stereocenters. The molecule has 0 spiro atoms. The molecule has 33 heavy (non-hydrogen) atoms. The molecule has 1 aliphatic heterocycles. The van der Waals surface area contributed by atoms with Crippen molar-refractivity contribution >= 4 is 11.8 Å². The van der Waals surface area contributed by atoms with Crippen molar-refractivity contribution in [3.8, 4) is 11.1 Å². The van der Waals surface area contributed by atoms with Crippen LogP contribution in [0.1, 0.15) is 24.0 Å². The number of likely N-dealkylation sites (tertiary alicyclic amines) is 1. The first kappa shape index (κ1) is 22.6. The van der Waals surface area contributed by atoms with Crippen molar-refractivity contribution in [1.29, 1.82) is 0 Å². The first-order valence-corrected chi connectivity index (χ1v) is 11.3. The number of hydrogen-bond donors (Lipinski definition) is 0. The molecule has 1 aromatic carbocycles. The molecular weight excluding hydrogens is 412 g/mol. The summed E-state index contributed by atoms with van der Waals surface area (Å²) in [5.41, 5.74) is 3.55. The van der Waals surface area contributed by atoms with Gasteiger partial charge in [0.15, 0.2) is 0 Å². The molecule has 6 heteroatoms. The first-order valence-electron chi connectivity index (χ1n) is 11.3. The van der Waals surface area contributed by atoms with Crippen molar-refractivity contribution < 1.29 is 9.59 Å². The van der Waals surface area contributed by atoms with Crippen LogP contribution in [0.2, 0.25) is 0 Å². The van der Waals surface area contributed by atoms with Gasteiger partial charge in [-0.05, 0) is 59.7 Å². The monoisotopic (exact) mass is 442 g/mol. The van der Waals surface area contributed by atoms with Crippen molar-refractivity contribution in [2.75, 3.05) is 27.2 Å². The van der Waals surface area contributed by atoms with Gasteiger partial charge in [0.25, 0.3) is 0 Å². The Labute approximate surface area is 195 Å². The molecule has 0 unspecified atom stereocenters. The summed E-state index contributed by atoms with van der Waals surface area (Å²) in [7, 11) is 3.60. The number of hydrogen-bond acceptors (Lipinski definition) is 4. The van der Waals surface area contributed by atoms with Crippen LogP contribution in [0.4, 0.5) is 0 Å². The molecule has 3 heterocycles. The fourth-order valence-corrected chi connectivity index (χ4v) is 4.80. The maximum absolute atomic E-state index is 13.5. The van der Waals surface area contributed by atoms with E-state index in [2.05, 4.69) is 28.2 Å². The Morgan fingerprint density at radius 1 is 0.970 bits per heavy atom. The molecular formula is C27H30N4O2. The second-order valence-electron chi connectivity index (χ2n) is 9.05. The third-order valence-electron chi connectivity index (χ3n) is 6.35. The molecule has 2 aromatic heterocycles. The molecule has 0 saturated carbocycles. The summed E-state index contributed by atoms with van der Waals surface area (Å²) in [5.74, 6) is 0.125. The SMILES string of the molecule is CN(C)C(=O)[C@]1(Cc2cccc(-c3ccncc3)c2)CCCN(C(=O)Cc2cccnc2)C1. The zero-order chi connectivity index (χ0) is 23.3. The van der Waals surface area contributed by atoms with Gasteiger partial charge in [0.1, 0.15) is 0 Å². The molecule has 0 N–H and O–H groups in total. The summed E-state index contributed by atoms with van der Waals surface area (Å²) in [5, 5.41) is 0. The number of piperidine rings is 1. The van der Waals surface area contributed by atoms with E-state index in [9.17, 15) is 9.59 Å². The lowest BCUT2D eigenvalue weighted by Crippen LogP contribution is -2.54. The van der Waals surface area contributed by atoms with E-state index in [0.717, 1.165) is 35.1 Å². The van der Waals surface area contributed by atoms with Gasteiger partial charge in [-0.15, -0.1) is 0 Å². The van der Waals surface area contributed by atoms with Crippen LogP contribution in [0.15, 0.2) is 73.3 Å². The zero-order valence-electron chi connectivity index (χ0n) is 19.3. The number of aromatic nitrogens is 2. The van der Waals surface area contributed by atoms with E-state index in [0.29, 0.717) is 25.9 Å². The molecule has 0 aliphatic carbocycles. The summed E-state index contributed by atoms with van der Waals surface area (Å²) in [6, 6.07) is 16.1. The van der Waals surface area contributed by atoms with Crippen LogP contribution >= 0.6 is 0 Å². The second-order valence-corrected chi connectivity index (χ2v) is 9.05. The fraction of sp³-hybridized carbons (Fsp3) is 0.333. The van der Waals surface area contributed by atoms with Crippen molar-refractivity contribution in [3.63, 3.8) is 0 Å². The van der Waals surface area contributed by atoms with Gasteiger partial charge in [-0.2, -0.15) is 0 Å². The predicted octanol–water partition coefficient (Wildman–Crippen LogP) is 3.63. The minimum Gasteiger partial charge on any atom is -0.348 e. The predicted molar refractivity (Wildman–Crippen MR) is 128 cm³/mol. The molecule has 1 saturated heterocycles. The van der Waals surface area contributed by atoms with Crippen molar-refractivity contribution in [2.45, 2.75) is 25.7 Å². The van der Waals surface area contributed by atoms with Gasteiger partial charge in [0.05, 0.1) is 11.8 Å².